The molecule has 1 N–H and O–H groups in total. The van der Waals surface area contributed by atoms with Crippen molar-refractivity contribution >= 4 is 11.8 Å². The molecule has 1 aliphatic rings. The van der Waals surface area contributed by atoms with E-state index >= 15 is 0 Å². The van der Waals surface area contributed by atoms with Gasteiger partial charge in [-0.1, -0.05) is 0 Å². The Morgan fingerprint density at radius 2 is 1.71 bits per heavy atom. The van der Waals surface area contributed by atoms with Gasteiger partial charge in [-0.2, -0.15) is 0 Å². The maximum Gasteiger partial charge on any atom is 0.289 e. The molecular formula is C17H19N3O4. The SMILES string of the molecule is Cc1cc(C(=O)N2CCN(C(=O)c3ccco3)CC2)c(=O)[nH]c1C. The lowest BCUT2D eigenvalue weighted by Crippen LogP contribution is -2.51. The summed E-state index contributed by atoms with van der Waals surface area (Å²) in [6, 6.07) is 4.91. The smallest absolute Gasteiger partial charge is 0.289 e. The van der Waals surface area contributed by atoms with Crippen molar-refractivity contribution in [3.05, 3.63) is 57.4 Å². The lowest BCUT2D eigenvalue weighted by atomic mass is 10.1. The maximum atomic E-state index is 12.6. The number of rotatable bonds is 2. The van der Waals surface area contributed by atoms with E-state index in [0.29, 0.717) is 31.9 Å². The summed E-state index contributed by atoms with van der Waals surface area (Å²) in [4.78, 5) is 42.8. The average Bonchev–Trinajstić information content (AvgIpc) is 3.11. The quantitative estimate of drug-likeness (QED) is 0.896. The summed E-state index contributed by atoms with van der Waals surface area (Å²) in [7, 11) is 0. The Labute approximate surface area is 138 Å². The molecule has 2 aromatic rings. The number of carbonyl (C=O) groups is 2. The van der Waals surface area contributed by atoms with E-state index in [1.54, 1.807) is 34.9 Å². The number of aryl methyl sites for hydroxylation is 2. The Morgan fingerprint density at radius 3 is 2.29 bits per heavy atom. The van der Waals surface area contributed by atoms with Gasteiger partial charge >= 0.3 is 0 Å². The number of H-pyrrole nitrogens is 1. The van der Waals surface area contributed by atoms with Crippen LogP contribution in [0.3, 0.4) is 0 Å². The Bertz CT molecular complexity index is 815. The maximum absolute atomic E-state index is 12.6. The van der Waals surface area contributed by atoms with Crippen LogP contribution < -0.4 is 5.56 Å². The molecule has 0 aromatic carbocycles. The molecule has 0 unspecified atom stereocenters. The van der Waals surface area contributed by atoms with Gasteiger partial charge in [0.25, 0.3) is 17.4 Å². The molecule has 24 heavy (non-hydrogen) atoms. The van der Waals surface area contributed by atoms with E-state index in [9.17, 15) is 14.4 Å². The van der Waals surface area contributed by atoms with Gasteiger partial charge in [0.1, 0.15) is 5.56 Å². The molecule has 0 spiro atoms. The first-order valence-electron chi connectivity index (χ1n) is 7.80. The number of aromatic amines is 1. The molecule has 3 rings (SSSR count). The van der Waals surface area contributed by atoms with Crippen LogP contribution >= 0.6 is 0 Å². The van der Waals surface area contributed by atoms with E-state index < -0.39 is 0 Å². The molecular weight excluding hydrogens is 310 g/mol. The largest absolute Gasteiger partial charge is 0.459 e. The third-order valence-electron chi connectivity index (χ3n) is 4.31. The number of pyridine rings is 1. The minimum absolute atomic E-state index is 0.143. The van der Waals surface area contributed by atoms with Gasteiger partial charge in [0.05, 0.1) is 6.26 Å². The van der Waals surface area contributed by atoms with Crippen LogP contribution in [0.5, 0.6) is 0 Å². The normalized spacial score (nSPS) is 14.8. The van der Waals surface area contributed by atoms with Crippen molar-refractivity contribution in [1.82, 2.24) is 14.8 Å². The van der Waals surface area contributed by atoms with Gasteiger partial charge in [-0.15, -0.1) is 0 Å². The number of hydrogen-bond acceptors (Lipinski definition) is 4. The zero-order chi connectivity index (χ0) is 17.3. The molecule has 0 atom stereocenters. The number of piperazine rings is 1. The molecule has 126 valence electrons. The number of nitrogens with zero attached hydrogens (tertiary/aromatic N) is 2. The van der Waals surface area contributed by atoms with Crippen molar-refractivity contribution in [2.45, 2.75) is 13.8 Å². The minimum atomic E-state index is -0.378. The van der Waals surface area contributed by atoms with Crippen LogP contribution in [0.1, 0.15) is 32.2 Å². The van der Waals surface area contributed by atoms with Crippen LogP contribution in [0.4, 0.5) is 0 Å². The molecule has 0 radical (unpaired) electrons. The fourth-order valence-corrected chi connectivity index (χ4v) is 2.72. The zero-order valence-electron chi connectivity index (χ0n) is 13.7. The second kappa shape index (κ2) is 6.35. The van der Waals surface area contributed by atoms with Gasteiger partial charge < -0.3 is 19.2 Å². The second-order valence-corrected chi connectivity index (χ2v) is 5.88. The van der Waals surface area contributed by atoms with Crippen LogP contribution in [-0.2, 0) is 0 Å². The van der Waals surface area contributed by atoms with Crippen molar-refractivity contribution in [2.75, 3.05) is 26.2 Å². The third-order valence-corrected chi connectivity index (χ3v) is 4.31. The van der Waals surface area contributed by atoms with Gasteiger partial charge in [-0.25, -0.2) is 0 Å². The van der Waals surface area contributed by atoms with Gasteiger partial charge in [0.15, 0.2) is 5.76 Å². The van der Waals surface area contributed by atoms with E-state index in [4.69, 9.17) is 4.42 Å². The van der Waals surface area contributed by atoms with Crippen LogP contribution in [-0.4, -0.2) is 52.8 Å². The summed E-state index contributed by atoms with van der Waals surface area (Å²) in [5.41, 5.74) is 1.39. The lowest BCUT2D eigenvalue weighted by molar-refractivity contribution is 0.0517. The molecule has 1 fully saturated rings. The van der Waals surface area contributed by atoms with Crippen molar-refractivity contribution in [3.8, 4) is 0 Å². The first-order valence-corrected chi connectivity index (χ1v) is 7.80. The number of aromatic nitrogens is 1. The minimum Gasteiger partial charge on any atom is -0.459 e. The Balaban J connectivity index is 1.69. The Hall–Kier alpha value is -2.83. The number of hydrogen-bond donors (Lipinski definition) is 1. The Morgan fingerprint density at radius 1 is 1.08 bits per heavy atom. The summed E-state index contributed by atoms with van der Waals surface area (Å²) in [6.07, 6.45) is 1.46. The summed E-state index contributed by atoms with van der Waals surface area (Å²) in [5, 5.41) is 0. The Kier molecular flexibility index (Phi) is 4.24. The third kappa shape index (κ3) is 2.97. The highest BCUT2D eigenvalue weighted by Crippen LogP contribution is 2.12. The molecule has 3 heterocycles. The molecule has 0 aliphatic carbocycles. The van der Waals surface area contributed by atoms with E-state index in [-0.39, 0.29) is 22.9 Å². The molecule has 1 saturated heterocycles. The van der Waals surface area contributed by atoms with E-state index in [1.807, 2.05) is 6.92 Å². The monoisotopic (exact) mass is 329 g/mol. The van der Waals surface area contributed by atoms with Crippen molar-refractivity contribution < 1.29 is 14.0 Å². The predicted molar refractivity (Wildman–Crippen MR) is 87.1 cm³/mol. The van der Waals surface area contributed by atoms with Gasteiger partial charge in [-0.05, 0) is 37.6 Å². The molecule has 0 saturated carbocycles. The van der Waals surface area contributed by atoms with E-state index in [0.717, 1.165) is 11.3 Å². The van der Waals surface area contributed by atoms with Crippen molar-refractivity contribution in [3.63, 3.8) is 0 Å². The van der Waals surface area contributed by atoms with Crippen LogP contribution in [0.15, 0.2) is 33.7 Å². The standard InChI is InChI=1S/C17H19N3O4/c1-11-10-13(15(21)18-12(11)2)16(22)19-5-7-20(8-6-19)17(23)14-4-3-9-24-14/h3-4,9-10H,5-8H2,1-2H3,(H,18,21). The van der Waals surface area contributed by atoms with E-state index in [2.05, 4.69) is 4.98 Å². The molecule has 7 heteroatoms. The summed E-state index contributed by atoms with van der Waals surface area (Å²) in [5.74, 6) is -0.194. The summed E-state index contributed by atoms with van der Waals surface area (Å²) >= 11 is 0. The topological polar surface area (TPSA) is 86.6 Å². The number of carbonyl (C=O) groups excluding carboxylic acids is 2. The fourth-order valence-electron chi connectivity index (χ4n) is 2.72. The number of amides is 2. The highest BCUT2D eigenvalue weighted by Gasteiger charge is 2.27. The van der Waals surface area contributed by atoms with Gasteiger partial charge in [0, 0.05) is 31.9 Å². The zero-order valence-corrected chi connectivity index (χ0v) is 13.7. The first kappa shape index (κ1) is 16.0. The molecule has 0 bridgehead atoms. The lowest BCUT2D eigenvalue weighted by Gasteiger charge is -2.34. The van der Waals surface area contributed by atoms with Crippen LogP contribution in [0, 0.1) is 13.8 Å². The molecule has 7 nitrogen and oxygen atoms in total. The highest BCUT2D eigenvalue weighted by atomic mass is 16.3. The van der Waals surface area contributed by atoms with Gasteiger partial charge in [0.2, 0.25) is 0 Å². The number of furan rings is 1. The van der Waals surface area contributed by atoms with Crippen LogP contribution in [0.25, 0.3) is 0 Å². The molecule has 1 aliphatic heterocycles. The summed E-state index contributed by atoms with van der Waals surface area (Å²) in [6.45, 7) is 5.24. The van der Waals surface area contributed by atoms with Crippen molar-refractivity contribution in [1.29, 1.82) is 0 Å². The fraction of sp³-hybridized carbons (Fsp3) is 0.353. The van der Waals surface area contributed by atoms with Gasteiger partial charge in [-0.3, -0.25) is 14.4 Å². The molecule has 2 amide bonds. The summed E-state index contributed by atoms with van der Waals surface area (Å²) < 4.78 is 5.12. The average molecular weight is 329 g/mol. The van der Waals surface area contributed by atoms with E-state index in [1.165, 1.54) is 6.26 Å². The molecule has 2 aromatic heterocycles. The van der Waals surface area contributed by atoms with Crippen LogP contribution in [0.2, 0.25) is 0 Å². The highest BCUT2D eigenvalue weighted by molar-refractivity contribution is 5.95. The van der Waals surface area contributed by atoms with Crippen molar-refractivity contribution in [2.24, 2.45) is 0 Å². The predicted octanol–water partition coefficient (Wildman–Crippen LogP) is 1.18. The first-order chi connectivity index (χ1) is 11.5. The number of nitrogens with one attached hydrogen (secondary N) is 1. The second-order valence-electron chi connectivity index (χ2n) is 5.88.